The number of rotatable bonds is 6. The van der Waals surface area contributed by atoms with E-state index in [4.69, 9.17) is 9.15 Å². The van der Waals surface area contributed by atoms with Crippen LogP contribution in [0.15, 0.2) is 52.2 Å². The van der Waals surface area contributed by atoms with Gasteiger partial charge in [-0.25, -0.2) is 9.97 Å². The third kappa shape index (κ3) is 3.50. The number of aromatic nitrogens is 4. The summed E-state index contributed by atoms with van der Waals surface area (Å²) in [6, 6.07) is 7.34. The summed E-state index contributed by atoms with van der Waals surface area (Å²) in [5, 5.41) is 2.99. The molecule has 9 nitrogen and oxygen atoms in total. The minimum absolute atomic E-state index is 0.141. The predicted octanol–water partition coefficient (Wildman–Crippen LogP) is 2.69. The monoisotopic (exact) mass is 407 g/mol. The Hall–Kier alpha value is -3.72. The first-order chi connectivity index (χ1) is 14.5. The number of hydrogen-bond acceptors (Lipinski definition) is 6. The molecule has 3 heterocycles. The number of ether oxygens (including phenoxy) is 1. The van der Waals surface area contributed by atoms with Crippen LogP contribution in [-0.2, 0) is 11.3 Å². The molecule has 0 saturated heterocycles. The summed E-state index contributed by atoms with van der Waals surface area (Å²) < 4.78 is 13.9. The molecule has 0 saturated carbocycles. The number of furan rings is 1. The smallest absolute Gasteiger partial charge is 0.265 e. The van der Waals surface area contributed by atoms with Crippen molar-refractivity contribution in [3.05, 3.63) is 70.5 Å². The van der Waals surface area contributed by atoms with Gasteiger partial charge < -0.3 is 19.0 Å². The van der Waals surface area contributed by atoms with Crippen molar-refractivity contribution in [1.29, 1.82) is 0 Å². The van der Waals surface area contributed by atoms with E-state index in [1.165, 1.54) is 10.9 Å². The number of benzene rings is 1. The first-order valence-electron chi connectivity index (χ1n) is 9.39. The fourth-order valence-electron chi connectivity index (χ4n) is 3.31. The van der Waals surface area contributed by atoms with Gasteiger partial charge in [0, 0.05) is 30.9 Å². The van der Waals surface area contributed by atoms with Crippen molar-refractivity contribution in [2.24, 2.45) is 0 Å². The Kier molecular flexibility index (Phi) is 5.20. The van der Waals surface area contributed by atoms with Gasteiger partial charge in [0.2, 0.25) is 5.71 Å². The van der Waals surface area contributed by atoms with Crippen molar-refractivity contribution in [3.63, 3.8) is 0 Å². The van der Waals surface area contributed by atoms with E-state index >= 15 is 0 Å². The van der Waals surface area contributed by atoms with Gasteiger partial charge >= 0.3 is 0 Å². The number of amides is 1. The summed E-state index contributed by atoms with van der Waals surface area (Å²) >= 11 is 0. The number of nitrogens with one attached hydrogen (secondary N) is 1. The maximum atomic E-state index is 13.0. The zero-order chi connectivity index (χ0) is 21.3. The summed E-state index contributed by atoms with van der Waals surface area (Å²) in [6.45, 7) is 4.24. The number of carbonyl (C=O) groups is 1. The molecule has 0 bridgehead atoms. The first kappa shape index (κ1) is 19.6. The minimum atomic E-state index is -0.429. The highest BCUT2D eigenvalue weighted by Crippen LogP contribution is 2.23. The number of methoxy groups -OCH3 is 1. The number of imidazole rings is 1. The highest BCUT2D eigenvalue weighted by atomic mass is 16.5. The number of anilines is 1. The lowest BCUT2D eigenvalue weighted by atomic mass is 10.1. The van der Waals surface area contributed by atoms with Gasteiger partial charge in [0.1, 0.15) is 23.3 Å². The Labute approximate surface area is 171 Å². The van der Waals surface area contributed by atoms with Crippen LogP contribution in [0.25, 0.3) is 16.8 Å². The Bertz CT molecular complexity index is 1270. The zero-order valence-electron chi connectivity index (χ0n) is 16.9. The molecule has 0 unspecified atom stereocenters. The molecule has 1 amide bonds. The zero-order valence-corrected chi connectivity index (χ0v) is 16.9. The van der Waals surface area contributed by atoms with Gasteiger partial charge in [-0.1, -0.05) is 0 Å². The van der Waals surface area contributed by atoms with E-state index in [-0.39, 0.29) is 22.2 Å². The Balaban J connectivity index is 1.64. The number of nitrogens with zero attached hydrogens (tertiary/aromatic N) is 4. The molecule has 1 aromatic carbocycles. The van der Waals surface area contributed by atoms with Crippen LogP contribution in [-0.4, -0.2) is 38.7 Å². The second-order valence-corrected chi connectivity index (χ2v) is 6.79. The lowest BCUT2D eigenvalue weighted by Gasteiger charge is -2.08. The van der Waals surface area contributed by atoms with E-state index in [1.54, 1.807) is 32.4 Å². The first-order valence-corrected chi connectivity index (χ1v) is 9.39. The molecule has 0 spiro atoms. The van der Waals surface area contributed by atoms with Gasteiger partial charge in [-0.05, 0) is 38.1 Å². The maximum Gasteiger partial charge on any atom is 0.265 e. The van der Waals surface area contributed by atoms with E-state index in [0.717, 1.165) is 11.5 Å². The molecule has 154 valence electrons. The number of hydrogen-bond donors (Lipinski definition) is 1. The van der Waals surface area contributed by atoms with Crippen molar-refractivity contribution in [3.8, 4) is 5.69 Å². The van der Waals surface area contributed by atoms with Gasteiger partial charge in [-0.3, -0.25) is 14.2 Å². The van der Waals surface area contributed by atoms with Gasteiger partial charge in [0.25, 0.3) is 11.5 Å². The van der Waals surface area contributed by atoms with Crippen molar-refractivity contribution in [2.75, 3.05) is 19.0 Å². The van der Waals surface area contributed by atoms with Crippen LogP contribution in [0.4, 0.5) is 5.69 Å². The molecule has 0 atom stereocenters. The van der Waals surface area contributed by atoms with E-state index < -0.39 is 5.91 Å². The number of aryl methyl sites for hydroxylation is 2. The van der Waals surface area contributed by atoms with Crippen LogP contribution in [0.5, 0.6) is 0 Å². The van der Waals surface area contributed by atoms with Gasteiger partial charge in [-0.15, -0.1) is 0 Å². The molecule has 30 heavy (non-hydrogen) atoms. The Morgan fingerprint density at radius 1 is 1.20 bits per heavy atom. The summed E-state index contributed by atoms with van der Waals surface area (Å²) in [7, 11) is 1.55. The summed E-state index contributed by atoms with van der Waals surface area (Å²) in [5.41, 5.74) is 1.51. The molecule has 0 aliphatic carbocycles. The second-order valence-electron chi connectivity index (χ2n) is 6.79. The molecule has 1 N–H and O–H groups in total. The van der Waals surface area contributed by atoms with Crippen LogP contribution < -0.4 is 10.9 Å². The Morgan fingerprint density at radius 3 is 2.63 bits per heavy atom. The lowest BCUT2D eigenvalue weighted by Crippen LogP contribution is -2.24. The topological polar surface area (TPSA) is 104 Å². The van der Waals surface area contributed by atoms with E-state index in [1.807, 2.05) is 29.8 Å². The van der Waals surface area contributed by atoms with Crippen molar-refractivity contribution in [2.45, 2.75) is 20.4 Å². The fraction of sp³-hybridized carbons (Fsp3) is 0.238. The normalized spacial score (nSPS) is 11.2. The van der Waals surface area contributed by atoms with Crippen LogP contribution in [0, 0.1) is 13.8 Å². The highest BCUT2D eigenvalue weighted by Gasteiger charge is 2.23. The SMILES string of the molecule is COCCn1cnc2oc(C)c(C(=O)Nc3ccc(-n4ccnc4C)cc3)c2c1=O. The van der Waals surface area contributed by atoms with Gasteiger partial charge in [0.15, 0.2) is 0 Å². The van der Waals surface area contributed by atoms with E-state index in [2.05, 4.69) is 15.3 Å². The average molecular weight is 407 g/mol. The summed E-state index contributed by atoms with van der Waals surface area (Å²) in [6.07, 6.45) is 4.99. The molecule has 4 rings (SSSR count). The number of carbonyl (C=O) groups excluding carboxylic acids is 1. The third-order valence-corrected chi connectivity index (χ3v) is 4.85. The quantitative estimate of drug-likeness (QED) is 0.527. The third-order valence-electron chi connectivity index (χ3n) is 4.85. The number of fused-ring (bicyclic) bond motifs is 1. The fourth-order valence-corrected chi connectivity index (χ4v) is 3.31. The summed E-state index contributed by atoms with van der Waals surface area (Å²) in [5.74, 6) is 0.771. The van der Waals surface area contributed by atoms with Crippen LogP contribution in [0.3, 0.4) is 0 Å². The van der Waals surface area contributed by atoms with Crippen molar-refractivity contribution < 1.29 is 13.9 Å². The highest BCUT2D eigenvalue weighted by molar-refractivity contribution is 6.12. The molecule has 0 radical (unpaired) electrons. The molecule has 0 aliphatic rings. The molecule has 0 aliphatic heterocycles. The van der Waals surface area contributed by atoms with Crippen LogP contribution >= 0.6 is 0 Å². The van der Waals surface area contributed by atoms with E-state index in [0.29, 0.717) is 24.6 Å². The molecular weight excluding hydrogens is 386 g/mol. The molecular formula is C21H21N5O4. The maximum absolute atomic E-state index is 13.0. The van der Waals surface area contributed by atoms with Gasteiger partial charge in [0.05, 0.1) is 18.7 Å². The molecule has 3 aromatic heterocycles. The molecule has 4 aromatic rings. The van der Waals surface area contributed by atoms with Crippen LogP contribution in [0.1, 0.15) is 21.9 Å². The largest absolute Gasteiger partial charge is 0.442 e. The van der Waals surface area contributed by atoms with E-state index in [9.17, 15) is 9.59 Å². The Morgan fingerprint density at radius 2 is 1.97 bits per heavy atom. The second kappa shape index (κ2) is 7.96. The minimum Gasteiger partial charge on any atom is -0.442 e. The summed E-state index contributed by atoms with van der Waals surface area (Å²) in [4.78, 5) is 34.2. The van der Waals surface area contributed by atoms with Crippen LogP contribution in [0.2, 0.25) is 0 Å². The molecule has 0 fully saturated rings. The molecule has 9 heteroatoms. The standard InChI is InChI=1S/C21H21N5O4/c1-13-17(18-20(30-13)23-12-25(21(18)28)10-11-29-3)19(27)24-15-4-6-16(7-5-15)26-9-8-22-14(26)2/h4-9,12H,10-11H2,1-3H3,(H,24,27). The average Bonchev–Trinajstić information content (AvgIpc) is 3.31. The predicted molar refractivity (Wildman–Crippen MR) is 111 cm³/mol. The van der Waals surface area contributed by atoms with Crippen molar-refractivity contribution >= 4 is 22.7 Å². The van der Waals surface area contributed by atoms with Gasteiger partial charge in [-0.2, -0.15) is 0 Å². The lowest BCUT2D eigenvalue weighted by molar-refractivity contribution is 0.102. The van der Waals surface area contributed by atoms with Crippen molar-refractivity contribution in [1.82, 2.24) is 19.1 Å².